The average Bonchev–Trinajstić information content (AvgIpc) is 1.97. The zero-order valence-corrected chi connectivity index (χ0v) is 8.90. The quantitative estimate of drug-likeness (QED) is 0.443. The van der Waals surface area contributed by atoms with Crippen LogP contribution in [-0.2, 0) is 13.9 Å². The van der Waals surface area contributed by atoms with E-state index in [1.165, 1.54) is 0 Å². The molecule has 14 heavy (non-hydrogen) atoms. The lowest BCUT2D eigenvalue weighted by Gasteiger charge is -2.14. The smallest absolute Gasteiger partial charge is 0.353 e. The number of nitrogens with one attached hydrogen (secondary N) is 1. The molecule has 0 unspecified atom stereocenters. The third-order valence-electron chi connectivity index (χ3n) is 1.19. The molecule has 0 saturated heterocycles. The maximum absolute atomic E-state index is 11.1. The summed E-state index contributed by atoms with van der Waals surface area (Å²) in [5, 5.41) is 2.48. The van der Waals surface area contributed by atoms with Crippen molar-refractivity contribution in [1.29, 1.82) is 0 Å². The second-order valence-corrected chi connectivity index (χ2v) is 4.30. The van der Waals surface area contributed by atoms with Gasteiger partial charge in [0.25, 0.3) is 0 Å². The van der Waals surface area contributed by atoms with Gasteiger partial charge in [-0.25, -0.2) is 4.57 Å². The van der Waals surface area contributed by atoms with Crippen molar-refractivity contribution in [1.82, 2.24) is 5.32 Å². The summed E-state index contributed by atoms with van der Waals surface area (Å²) < 4.78 is 14.3. The highest BCUT2D eigenvalue weighted by molar-refractivity contribution is 7.46. The van der Waals surface area contributed by atoms with Crippen LogP contribution in [0.15, 0.2) is 0 Å². The fourth-order valence-electron chi connectivity index (χ4n) is 0.645. The SMILES string of the molecule is CC(C)NC(=O)[C@@H](N)COP(=O)(O)O. The number of nitrogens with two attached hydrogens (primary N) is 1. The Morgan fingerprint density at radius 3 is 2.43 bits per heavy atom. The number of hydrogen-bond donors (Lipinski definition) is 4. The van der Waals surface area contributed by atoms with Crippen LogP contribution in [0.25, 0.3) is 0 Å². The van der Waals surface area contributed by atoms with E-state index in [2.05, 4.69) is 9.84 Å². The van der Waals surface area contributed by atoms with Crippen LogP contribution < -0.4 is 11.1 Å². The van der Waals surface area contributed by atoms with Crippen molar-refractivity contribution in [3.8, 4) is 0 Å². The van der Waals surface area contributed by atoms with Crippen molar-refractivity contribution in [2.45, 2.75) is 25.9 Å². The molecule has 0 aliphatic heterocycles. The van der Waals surface area contributed by atoms with Crippen LogP contribution in [0.3, 0.4) is 0 Å². The molecule has 0 heterocycles. The molecule has 0 spiro atoms. The lowest BCUT2D eigenvalue weighted by molar-refractivity contribution is -0.123. The van der Waals surface area contributed by atoms with Gasteiger partial charge in [0.05, 0.1) is 6.61 Å². The van der Waals surface area contributed by atoms with E-state index in [0.717, 1.165) is 0 Å². The van der Waals surface area contributed by atoms with Crippen molar-refractivity contribution < 1.29 is 23.7 Å². The Hall–Kier alpha value is -0.460. The van der Waals surface area contributed by atoms with Crippen molar-refractivity contribution in [3.05, 3.63) is 0 Å². The standard InChI is InChI=1S/C6H15N2O5P/c1-4(2)8-6(9)5(7)3-13-14(10,11)12/h4-5H,3,7H2,1-2H3,(H,8,9)(H2,10,11,12)/t5-/m0/s1. The lowest BCUT2D eigenvalue weighted by atomic mass is 10.3. The minimum Gasteiger partial charge on any atom is -0.353 e. The van der Waals surface area contributed by atoms with Crippen LogP contribution in [0.5, 0.6) is 0 Å². The summed E-state index contributed by atoms with van der Waals surface area (Å²) in [4.78, 5) is 27.8. The number of phosphoric acid groups is 1. The number of amides is 1. The topological polar surface area (TPSA) is 122 Å². The first-order valence-electron chi connectivity index (χ1n) is 3.98. The van der Waals surface area contributed by atoms with Gasteiger partial charge in [-0.15, -0.1) is 0 Å². The van der Waals surface area contributed by atoms with Gasteiger partial charge in [0.2, 0.25) is 5.91 Å². The Balaban J connectivity index is 3.91. The fraction of sp³-hybridized carbons (Fsp3) is 0.833. The Bertz CT molecular complexity index is 238. The number of rotatable bonds is 5. The van der Waals surface area contributed by atoms with E-state index in [1.54, 1.807) is 13.8 Å². The van der Waals surface area contributed by atoms with Crippen molar-refractivity contribution in [3.63, 3.8) is 0 Å². The highest BCUT2D eigenvalue weighted by Gasteiger charge is 2.20. The molecule has 0 saturated carbocycles. The molecule has 8 heteroatoms. The summed E-state index contributed by atoms with van der Waals surface area (Å²) in [5.74, 6) is -0.506. The average molecular weight is 226 g/mol. The molecule has 0 bridgehead atoms. The monoisotopic (exact) mass is 226 g/mol. The van der Waals surface area contributed by atoms with Gasteiger partial charge in [0.15, 0.2) is 0 Å². The van der Waals surface area contributed by atoms with E-state index in [1.807, 2.05) is 0 Å². The molecule has 84 valence electrons. The van der Waals surface area contributed by atoms with Gasteiger partial charge in [0.1, 0.15) is 6.04 Å². The predicted molar refractivity (Wildman–Crippen MR) is 49.3 cm³/mol. The van der Waals surface area contributed by atoms with Gasteiger partial charge in [-0.2, -0.15) is 0 Å². The molecule has 0 rings (SSSR count). The maximum atomic E-state index is 11.1. The molecule has 5 N–H and O–H groups in total. The predicted octanol–water partition coefficient (Wildman–Crippen LogP) is -1.05. The lowest BCUT2D eigenvalue weighted by Crippen LogP contribution is -2.45. The van der Waals surface area contributed by atoms with E-state index in [0.29, 0.717) is 0 Å². The van der Waals surface area contributed by atoms with Crippen molar-refractivity contribution >= 4 is 13.7 Å². The van der Waals surface area contributed by atoms with Crippen LogP contribution in [-0.4, -0.2) is 34.4 Å². The molecule has 7 nitrogen and oxygen atoms in total. The van der Waals surface area contributed by atoms with Crippen molar-refractivity contribution in [2.24, 2.45) is 5.73 Å². The van der Waals surface area contributed by atoms with Gasteiger partial charge < -0.3 is 20.8 Å². The van der Waals surface area contributed by atoms with E-state index in [4.69, 9.17) is 15.5 Å². The van der Waals surface area contributed by atoms with Gasteiger partial charge >= 0.3 is 7.82 Å². The van der Waals surface area contributed by atoms with Gasteiger partial charge in [0, 0.05) is 6.04 Å². The first kappa shape index (κ1) is 13.5. The highest BCUT2D eigenvalue weighted by atomic mass is 31.2. The molecular formula is C6H15N2O5P. The second-order valence-electron chi connectivity index (χ2n) is 3.06. The van der Waals surface area contributed by atoms with Crippen LogP contribution >= 0.6 is 7.82 Å². The molecule has 0 radical (unpaired) electrons. The minimum absolute atomic E-state index is 0.0800. The molecular weight excluding hydrogens is 211 g/mol. The Kier molecular flexibility index (Phi) is 5.25. The third kappa shape index (κ3) is 6.99. The summed E-state index contributed by atoms with van der Waals surface area (Å²) in [7, 11) is -4.55. The normalized spacial score (nSPS) is 14.1. The molecule has 1 atom stereocenters. The number of carbonyl (C=O) groups excluding carboxylic acids is 1. The summed E-state index contributed by atoms with van der Waals surface area (Å²) >= 11 is 0. The molecule has 0 aromatic carbocycles. The molecule has 0 aromatic heterocycles. The second kappa shape index (κ2) is 5.43. The third-order valence-corrected chi connectivity index (χ3v) is 1.68. The van der Waals surface area contributed by atoms with Crippen LogP contribution in [0.4, 0.5) is 0 Å². The number of hydrogen-bond acceptors (Lipinski definition) is 4. The van der Waals surface area contributed by atoms with E-state index < -0.39 is 26.4 Å². The Morgan fingerprint density at radius 2 is 2.07 bits per heavy atom. The summed E-state index contributed by atoms with van der Waals surface area (Å²) in [5.41, 5.74) is 5.29. The van der Waals surface area contributed by atoms with Gasteiger partial charge in [-0.05, 0) is 13.8 Å². The number of phosphoric ester groups is 1. The summed E-state index contributed by atoms with van der Waals surface area (Å²) in [6, 6.07) is -1.16. The largest absolute Gasteiger partial charge is 0.469 e. The van der Waals surface area contributed by atoms with Crippen LogP contribution in [0.2, 0.25) is 0 Å². The summed E-state index contributed by atoms with van der Waals surface area (Å²) in [6.07, 6.45) is 0. The highest BCUT2D eigenvalue weighted by Crippen LogP contribution is 2.35. The zero-order chi connectivity index (χ0) is 11.4. The minimum atomic E-state index is -4.55. The molecule has 0 aliphatic rings. The molecule has 0 aromatic rings. The molecule has 0 aliphatic carbocycles. The van der Waals surface area contributed by atoms with Crippen LogP contribution in [0.1, 0.15) is 13.8 Å². The fourth-order valence-corrected chi connectivity index (χ4v) is 0.999. The van der Waals surface area contributed by atoms with Crippen molar-refractivity contribution in [2.75, 3.05) is 6.61 Å². The Morgan fingerprint density at radius 1 is 1.57 bits per heavy atom. The first-order valence-corrected chi connectivity index (χ1v) is 5.51. The summed E-state index contributed by atoms with van der Waals surface area (Å²) in [6.45, 7) is 2.98. The molecule has 1 amide bonds. The van der Waals surface area contributed by atoms with E-state index in [9.17, 15) is 9.36 Å². The van der Waals surface area contributed by atoms with E-state index >= 15 is 0 Å². The molecule has 0 fully saturated rings. The first-order chi connectivity index (χ1) is 6.22. The van der Waals surface area contributed by atoms with E-state index in [-0.39, 0.29) is 6.04 Å². The number of carbonyl (C=O) groups is 1. The van der Waals surface area contributed by atoms with Crippen LogP contribution in [0, 0.1) is 0 Å². The zero-order valence-electron chi connectivity index (χ0n) is 8.01. The van der Waals surface area contributed by atoms with Gasteiger partial charge in [-0.1, -0.05) is 0 Å². The Labute approximate surface area is 81.9 Å². The maximum Gasteiger partial charge on any atom is 0.469 e. The van der Waals surface area contributed by atoms with Gasteiger partial charge in [-0.3, -0.25) is 9.32 Å².